The summed E-state index contributed by atoms with van der Waals surface area (Å²) in [4.78, 5) is 9.01. The summed E-state index contributed by atoms with van der Waals surface area (Å²) >= 11 is 0. The first kappa shape index (κ1) is 17.5. The molecule has 0 saturated carbocycles. The number of aromatic nitrogens is 1. The highest BCUT2D eigenvalue weighted by atomic mass is 16.5. The maximum Gasteiger partial charge on any atom is 0.127 e. The van der Waals surface area contributed by atoms with Gasteiger partial charge in [-0.25, -0.2) is 4.98 Å². The Kier molecular flexibility index (Phi) is 5.43. The van der Waals surface area contributed by atoms with Gasteiger partial charge in [0.1, 0.15) is 17.3 Å². The smallest absolute Gasteiger partial charge is 0.127 e. The molecule has 2 aromatic rings. The van der Waals surface area contributed by atoms with E-state index in [1.807, 2.05) is 37.3 Å². The molecule has 1 aliphatic heterocycles. The second-order valence-corrected chi connectivity index (χ2v) is 6.75. The summed E-state index contributed by atoms with van der Waals surface area (Å²) in [5.41, 5.74) is 2.49. The number of hydrogen-bond donors (Lipinski definition) is 0. The highest BCUT2D eigenvalue weighted by Gasteiger charge is 2.26. The number of rotatable bonds is 6. The molecule has 0 bridgehead atoms. The van der Waals surface area contributed by atoms with Crippen molar-refractivity contribution >= 4 is 5.82 Å². The van der Waals surface area contributed by atoms with Gasteiger partial charge in [0, 0.05) is 44.9 Å². The summed E-state index contributed by atoms with van der Waals surface area (Å²) in [6, 6.07) is 10.3. The number of hydrogen-bond acceptors (Lipinski definition) is 5. The van der Waals surface area contributed by atoms with Crippen molar-refractivity contribution in [2.24, 2.45) is 0 Å². The van der Waals surface area contributed by atoms with Gasteiger partial charge in [0.15, 0.2) is 0 Å². The number of benzene rings is 1. The molecule has 0 N–H and O–H groups in total. The Balaban J connectivity index is 1.67. The van der Waals surface area contributed by atoms with Gasteiger partial charge in [-0.2, -0.15) is 0 Å². The average molecular weight is 341 g/mol. The van der Waals surface area contributed by atoms with Gasteiger partial charge < -0.3 is 14.4 Å². The zero-order valence-corrected chi connectivity index (χ0v) is 15.5. The molecule has 2 heterocycles. The van der Waals surface area contributed by atoms with Gasteiger partial charge in [-0.1, -0.05) is 6.07 Å². The van der Waals surface area contributed by atoms with Crippen LogP contribution in [0.5, 0.6) is 11.5 Å². The van der Waals surface area contributed by atoms with Gasteiger partial charge >= 0.3 is 0 Å². The normalized spacial score (nSPS) is 17.5. The Morgan fingerprint density at radius 2 is 2.00 bits per heavy atom. The van der Waals surface area contributed by atoms with Crippen LogP contribution in [0.25, 0.3) is 0 Å². The van der Waals surface area contributed by atoms with E-state index in [4.69, 9.17) is 9.47 Å². The maximum absolute atomic E-state index is 5.56. The van der Waals surface area contributed by atoms with Crippen molar-refractivity contribution in [3.63, 3.8) is 0 Å². The van der Waals surface area contributed by atoms with E-state index in [2.05, 4.69) is 28.1 Å². The van der Waals surface area contributed by atoms with Crippen LogP contribution < -0.4 is 14.4 Å². The molecule has 134 valence electrons. The van der Waals surface area contributed by atoms with Crippen LogP contribution in [0, 0.1) is 0 Å². The molecule has 1 aromatic heterocycles. The van der Waals surface area contributed by atoms with Gasteiger partial charge in [-0.05, 0) is 42.8 Å². The van der Waals surface area contributed by atoms with E-state index < -0.39 is 0 Å². The van der Waals surface area contributed by atoms with Crippen LogP contribution in [0.15, 0.2) is 36.5 Å². The largest absolute Gasteiger partial charge is 0.497 e. The number of nitrogens with zero attached hydrogens (tertiary/aromatic N) is 3. The third kappa shape index (κ3) is 4.04. The van der Waals surface area contributed by atoms with Crippen LogP contribution in [0.1, 0.15) is 23.5 Å². The lowest BCUT2D eigenvalue weighted by molar-refractivity contribution is 0.325. The maximum atomic E-state index is 5.56. The highest BCUT2D eigenvalue weighted by molar-refractivity contribution is 5.43. The van der Waals surface area contributed by atoms with Crippen molar-refractivity contribution in [3.05, 3.63) is 47.7 Å². The third-order valence-corrected chi connectivity index (χ3v) is 4.82. The van der Waals surface area contributed by atoms with Crippen molar-refractivity contribution < 1.29 is 9.47 Å². The van der Waals surface area contributed by atoms with E-state index in [9.17, 15) is 0 Å². The number of methoxy groups -OCH3 is 2. The van der Waals surface area contributed by atoms with Crippen molar-refractivity contribution in [3.8, 4) is 11.5 Å². The molecule has 1 aliphatic rings. The molecule has 0 unspecified atom stereocenters. The van der Waals surface area contributed by atoms with Crippen LogP contribution in [0.4, 0.5) is 5.82 Å². The molecule has 1 atom stereocenters. The lowest BCUT2D eigenvalue weighted by Gasteiger charge is -2.18. The minimum absolute atomic E-state index is 0.471. The Hall–Kier alpha value is -2.27. The molecule has 0 aliphatic carbocycles. The Labute approximate surface area is 150 Å². The summed E-state index contributed by atoms with van der Waals surface area (Å²) in [6.07, 6.45) is 3.11. The fourth-order valence-electron chi connectivity index (χ4n) is 3.42. The summed E-state index contributed by atoms with van der Waals surface area (Å²) in [6.45, 7) is 3.04. The predicted molar refractivity (Wildman–Crippen MR) is 101 cm³/mol. The fraction of sp³-hybridized carbons (Fsp3) is 0.450. The predicted octanol–water partition coefficient (Wildman–Crippen LogP) is 3.15. The Morgan fingerprint density at radius 3 is 2.64 bits per heavy atom. The number of ether oxygens (including phenoxy) is 2. The standard InChI is InChI=1S/C20H27N3O2/c1-22(2)20-8-5-15(12-21-20)13-23-10-9-16(14-23)18-11-17(24-3)6-7-19(18)25-4/h5-8,11-12,16H,9-10,13-14H2,1-4H3/t16-/m0/s1. The molecule has 5 nitrogen and oxygen atoms in total. The first-order chi connectivity index (χ1) is 12.1. The molecule has 1 aromatic carbocycles. The number of anilines is 1. The quantitative estimate of drug-likeness (QED) is 0.807. The third-order valence-electron chi connectivity index (χ3n) is 4.82. The summed E-state index contributed by atoms with van der Waals surface area (Å²) in [7, 11) is 7.45. The monoisotopic (exact) mass is 341 g/mol. The molecular weight excluding hydrogens is 314 g/mol. The van der Waals surface area contributed by atoms with Gasteiger partial charge in [0.2, 0.25) is 0 Å². The van der Waals surface area contributed by atoms with Crippen LogP contribution in [-0.4, -0.2) is 51.3 Å². The summed E-state index contributed by atoms with van der Waals surface area (Å²) < 4.78 is 10.9. The van der Waals surface area contributed by atoms with E-state index in [0.29, 0.717) is 5.92 Å². The molecule has 1 saturated heterocycles. The topological polar surface area (TPSA) is 37.8 Å². The fourth-order valence-corrected chi connectivity index (χ4v) is 3.42. The Morgan fingerprint density at radius 1 is 1.16 bits per heavy atom. The highest BCUT2D eigenvalue weighted by Crippen LogP contribution is 2.36. The van der Waals surface area contributed by atoms with E-state index in [-0.39, 0.29) is 0 Å². The van der Waals surface area contributed by atoms with Crippen LogP contribution in [0.2, 0.25) is 0 Å². The first-order valence-corrected chi connectivity index (χ1v) is 8.67. The number of pyridine rings is 1. The summed E-state index contributed by atoms with van der Waals surface area (Å²) in [5.74, 6) is 3.30. The second-order valence-electron chi connectivity index (χ2n) is 6.75. The van der Waals surface area contributed by atoms with Crippen molar-refractivity contribution in [1.29, 1.82) is 0 Å². The minimum Gasteiger partial charge on any atom is -0.497 e. The summed E-state index contributed by atoms with van der Waals surface area (Å²) in [5, 5.41) is 0. The van der Waals surface area contributed by atoms with Gasteiger partial charge in [0.25, 0.3) is 0 Å². The molecule has 3 rings (SSSR count). The van der Waals surface area contributed by atoms with E-state index in [1.54, 1.807) is 14.2 Å². The SMILES string of the molecule is COc1ccc(OC)c([C@H]2CCN(Cc3ccc(N(C)C)nc3)C2)c1. The number of likely N-dealkylation sites (tertiary alicyclic amines) is 1. The van der Waals surface area contributed by atoms with E-state index in [0.717, 1.165) is 43.4 Å². The Bertz CT molecular complexity index is 701. The van der Waals surface area contributed by atoms with Crippen molar-refractivity contribution in [1.82, 2.24) is 9.88 Å². The van der Waals surface area contributed by atoms with E-state index in [1.165, 1.54) is 11.1 Å². The minimum atomic E-state index is 0.471. The lowest BCUT2D eigenvalue weighted by Crippen LogP contribution is -2.20. The van der Waals surface area contributed by atoms with Gasteiger partial charge in [0.05, 0.1) is 14.2 Å². The average Bonchev–Trinajstić information content (AvgIpc) is 3.10. The molecule has 0 amide bonds. The molecular formula is C20H27N3O2. The molecule has 1 fully saturated rings. The molecule has 0 spiro atoms. The molecule has 5 heteroatoms. The van der Waals surface area contributed by atoms with E-state index >= 15 is 0 Å². The van der Waals surface area contributed by atoms with Crippen LogP contribution >= 0.6 is 0 Å². The van der Waals surface area contributed by atoms with Crippen LogP contribution in [0.3, 0.4) is 0 Å². The van der Waals surface area contributed by atoms with Crippen LogP contribution in [-0.2, 0) is 6.54 Å². The lowest BCUT2D eigenvalue weighted by atomic mass is 9.97. The molecule has 0 radical (unpaired) electrons. The van der Waals surface area contributed by atoms with Crippen molar-refractivity contribution in [2.45, 2.75) is 18.9 Å². The van der Waals surface area contributed by atoms with Gasteiger partial charge in [-0.3, -0.25) is 4.90 Å². The van der Waals surface area contributed by atoms with Gasteiger partial charge in [-0.15, -0.1) is 0 Å². The zero-order chi connectivity index (χ0) is 17.8. The zero-order valence-electron chi connectivity index (χ0n) is 15.5. The van der Waals surface area contributed by atoms with Crippen molar-refractivity contribution in [2.75, 3.05) is 46.3 Å². The molecule has 25 heavy (non-hydrogen) atoms. The second kappa shape index (κ2) is 7.74. The first-order valence-electron chi connectivity index (χ1n) is 8.67.